The summed E-state index contributed by atoms with van der Waals surface area (Å²) in [4.78, 5) is 0. The van der Waals surface area contributed by atoms with Gasteiger partial charge in [-0.25, -0.2) is 0 Å². The lowest BCUT2D eigenvalue weighted by atomic mass is 10.1. The summed E-state index contributed by atoms with van der Waals surface area (Å²) in [5.74, 6) is 0.715. The van der Waals surface area contributed by atoms with Crippen LogP contribution in [0.4, 0.5) is 0 Å². The second-order valence-electron chi connectivity index (χ2n) is 3.71. The SMILES string of the molecule is COc1ccc(C2(C)OCCO2)cc1OC. The zero-order valence-electron chi connectivity index (χ0n) is 9.78. The Hall–Kier alpha value is -1.26. The molecule has 1 fully saturated rings. The van der Waals surface area contributed by atoms with E-state index in [1.165, 1.54) is 0 Å². The van der Waals surface area contributed by atoms with Crippen LogP contribution in [0.5, 0.6) is 11.5 Å². The van der Waals surface area contributed by atoms with Crippen molar-refractivity contribution in [2.24, 2.45) is 0 Å². The molecule has 1 heterocycles. The predicted octanol–water partition coefficient (Wildman–Crippen LogP) is 1.92. The maximum absolute atomic E-state index is 5.58. The summed E-state index contributed by atoms with van der Waals surface area (Å²) >= 11 is 0. The van der Waals surface area contributed by atoms with Crippen LogP contribution in [0, 0.1) is 0 Å². The molecule has 4 nitrogen and oxygen atoms in total. The lowest BCUT2D eigenvalue weighted by molar-refractivity contribution is -0.149. The van der Waals surface area contributed by atoms with Crippen LogP contribution in [0.1, 0.15) is 12.5 Å². The number of hydrogen-bond donors (Lipinski definition) is 0. The molecule has 88 valence electrons. The van der Waals surface area contributed by atoms with E-state index in [4.69, 9.17) is 18.9 Å². The van der Waals surface area contributed by atoms with Crippen LogP contribution in [0.15, 0.2) is 18.2 Å². The summed E-state index contributed by atoms with van der Waals surface area (Å²) in [7, 11) is 3.22. The van der Waals surface area contributed by atoms with Crippen molar-refractivity contribution in [2.45, 2.75) is 12.7 Å². The Bertz CT molecular complexity index is 369. The van der Waals surface area contributed by atoms with E-state index in [0.717, 1.165) is 5.56 Å². The summed E-state index contributed by atoms with van der Waals surface area (Å²) in [6.07, 6.45) is 0. The Morgan fingerprint density at radius 2 is 1.69 bits per heavy atom. The van der Waals surface area contributed by atoms with Gasteiger partial charge in [-0.3, -0.25) is 0 Å². The van der Waals surface area contributed by atoms with Crippen LogP contribution >= 0.6 is 0 Å². The molecule has 0 bridgehead atoms. The normalized spacial score (nSPS) is 18.4. The fourth-order valence-electron chi connectivity index (χ4n) is 1.80. The predicted molar refractivity (Wildman–Crippen MR) is 58.8 cm³/mol. The van der Waals surface area contributed by atoms with Crippen LogP contribution in [-0.2, 0) is 15.3 Å². The Morgan fingerprint density at radius 1 is 1.06 bits per heavy atom. The van der Waals surface area contributed by atoms with Gasteiger partial charge in [-0.05, 0) is 25.1 Å². The zero-order chi connectivity index (χ0) is 11.6. The highest BCUT2D eigenvalue weighted by Gasteiger charge is 2.33. The van der Waals surface area contributed by atoms with E-state index in [0.29, 0.717) is 24.7 Å². The molecular formula is C12H16O4. The number of benzene rings is 1. The van der Waals surface area contributed by atoms with Gasteiger partial charge in [0.1, 0.15) is 0 Å². The van der Waals surface area contributed by atoms with Crippen molar-refractivity contribution in [2.75, 3.05) is 27.4 Å². The van der Waals surface area contributed by atoms with Gasteiger partial charge in [0.15, 0.2) is 17.3 Å². The molecule has 0 saturated carbocycles. The van der Waals surface area contributed by atoms with Crippen molar-refractivity contribution in [3.05, 3.63) is 23.8 Å². The van der Waals surface area contributed by atoms with Crippen molar-refractivity contribution in [1.82, 2.24) is 0 Å². The summed E-state index contributed by atoms with van der Waals surface area (Å²) < 4.78 is 21.6. The summed E-state index contributed by atoms with van der Waals surface area (Å²) in [5.41, 5.74) is 0.933. The van der Waals surface area contributed by atoms with Crippen LogP contribution < -0.4 is 9.47 Å². The Morgan fingerprint density at radius 3 is 2.25 bits per heavy atom. The van der Waals surface area contributed by atoms with Gasteiger partial charge < -0.3 is 18.9 Å². The van der Waals surface area contributed by atoms with E-state index < -0.39 is 5.79 Å². The maximum Gasteiger partial charge on any atom is 0.192 e. The first-order valence-electron chi connectivity index (χ1n) is 5.20. The van der Waals surface area contributed by atoms with E-state index in [1.807, 2.05) is 25.1 Å². The molecule has 0 aromatic heterocycles. The maximum atomic E-state index is 5.58. The summed E-state index contributed by atoms with van der Waals surface area (Å²) in [6.45, 7) is 3.14. The topological polar surface area (TPSA) is 36.9 Å². The molecule has 1 aliphatic heterocycles. The van der Waals surface area contributed by atoms with Gasteiger partial charge in [0, 0.05) is 5.56 Å². The van der Waals surface area contributed by atoms with Gasteiger partial charge in [-0.15, -0.1) is 0 Å². The average molecular weight is 224 g/mol. The second-order valence-corrected chi connectivity index (χ2v) is 3.71. The van der Waals surface area contributed by atoms with Crippen LogP contribution in [-0.4, -0.2) is 27.4 Å². The molecule has 16 heavy (non-hydrogen) atoms. The van der Waals surface area contributed by atoms with Gasteiger partial charge in [0.05, 0.1) is 27.4 Å². The van der Waals surface area contributed by atoms with E-state index in [-0.39, 0.29) is 0 Å². The van der Waals surface area contributed by atoms with Crippen molar-refractivity contribution < 1.29 is 18.9 Å². The quantitative estimate of drug-likeness (QED) is 0.786. The molecular weight excluding hydrogens is 208 g/mol. The number of hydrogen-bond acceptors (Lipinski definition) is 4. The van der Waals surface area contributed by atoms with Gasteiger partial charge >= 0.3 is 0 Å². The largest absolute Gasteiger partial charge is 0.493 e. The summed E-state index contributed by atoms with van der Waals surface area (Å²) in [5, 5.41) is 0. The molecule has 2 rings (SSSR count). The van der Waals surface area contributed by atoms with E-state index >= 15 is 0 Å². The standard InChI is InChI=1S/C12H16O4/c1-12(15-6-7-16-12)9-4-5-10(13-2)11(8-9)14-3/h4-5,8H,6-7H2,1-3H3. The molecule has 0 N–H and O–H groups in total. The van der Waals surface area contributed by atoms with Gasteiger partial charge in [0.25, 0.3) is 0 Å². The minimum atomic E-state index is -0.667. The Balaban J connectivity index is 2.35. The first-order chi connectivity index (χ1) is 7.69. The van der Waals surface area contributed by atoms with E-state index in [9.17, 15) is 0 Å². The molecule has 1 aromatic carbocycles. The van der Waals surface area contributed by atoms with Crippen molar-refractivity contribution in [1.29, 1.82) is 0 Å². The monoisotopic (exact) mass is 224 g/mol. The van der Waals surface area contributed by atoms with Crippen molar-refractivity contribution in [3.8, 4) is 11.5 Å². The third kappa shape index (κ3) is 1.86. The molecule has 0 unspecified atom stereocenters. The third-order valence-corrected chi connectivity index (χ3v) is 2.75. The highest BCUT2D eigenvalue weighted by molar-refractivity contribution is 5.44. The second kappa shape index (κ2) is 4.31. The number of ether oxygens (including phenoxy) is 4. The molecule has 4 heteroatoms. The number of rotatable bonds is 3. The minimum absolute atomic E-state index is 0.616. The molecule has 0 amide bonds. The molecule has 1 aliphatic rings. The Labute approximate surface area is 95.1 Å². The minimum Gasteiger partial charge on any atom is -0.493 e. The van der Waals surface area contributed by atoms with Crippen molar-refractivity contribution in [3.63, 3.8) is 0 Å². The summed E-state index contributed by atoms with van der Waals surface area (Å²) in [6, 6.07) is 5.65. The van der Waals surface area contributed by atoms with E-state index in [2.05, 4.69) is 0 Å². The van der Waals surface area contributed by atoms with Crippen LogP contribution in [0.25, 0.3) is 0 Å². The van der Waals surface area contributed by atoms with Gasteiger partial charge in [-0.2, -0.15) is 0 Å². The fourth-order valence-corrected chi connectivity index (χ4v) is 1.80. The average Bonchev–Trinajstić information content (AvgIpc) is 2.76. The van der Waals surface area contributed by atoms with Gasteiger partial charge in [0.2, 0.25) is 0 Å². The Kier molecular flexibility index (Phi) is 3.03. The smallest absolute Gasteiger partial charge is 0.192 e. The fraction of sp³-hybridized carbons (Fsp3) is 0.500. The highest BCUT2D eigenvalue weighted by atomic mass is 16.7. The van der Waals surface area contributed by atoms with Crippen LogP contribution in [0.3, 0.4) is 0 Å². The van der Waals surface area contributed by atoms with Crippen molar-refractivity contribution >= 4 is 0 Å². The lowest BCUT2D eigenvalue weighted by Crippen LogP contribution is -2.22. The zero-order valence-corrected chi connectivity index (χ0v) is 9.78. The molecule has 0 aliphatic carbocycles. The first-order valence-corrected chi connectivity index (χ1v) is 5.20. The molecule has 0 atom stereocenters. The molecule has 1 saturated heterocycles. The highest BCUT2D eigenvalue weighted by Crippen LogP contribution is 2.36. The number of methoxy groups -OCH3 is 2. The van der Waals surface area contributed by atoms with Gasteiger partial charge in [-0.1, -0.05) is 0 Å². The lowest BCUT2D eigenvalue weighted by Gasteiger charge is -2.23. The van der Waals surface area contributed by atoms with Crippen LogP contribution in [0.2, 0.25) is 0 Å². The molecule has 0 spiro atoms. The molecule has 1 aromatic rings. The molecule has 0 radical (unpaired) electrons. The third-order valence-electron chi connectivity index (χ3n) is 2.75. The first kappa shape index (κ1) is 11.2. The van der Waals surface area contributed by atoms with E-state index in [1.54, 1.807) is 14.2 Å².